The van der Waals surface area contributed by atoms with Crippen molar-refractivity contribution >= 4 is 17.6 Å². The van der Waals surface area contributed by atoms with Crippen LogP contribution in [0.5, 0.6) is 0 Å². The molecule has 1 saturated carbocycles. The molecule has 0 aromatic rings. The highest BCUT2D eigenvalue weighted by Crippen LogP contribution is 2.21. The van der Waals surface area contributed by atoms with Gasteiger partial charge in [-0.05, 0) is 32.6 Å². The van der Waals surface area contributed by atoms with E-state index in [0.717, 1.165) is 25.7 Å². The number of esters is 1. The second kappa shape index (κ2) is 3.96. The van der Waals surface area contributed by atoms with Gasteiger partial charge in [-0.2, -0.15) is 0 Å². The molecule has 0 aromatic heterocycles. The monoisotopic (exact) mass is 175 g/mol. The van der Waals surface area contributed by atoms with E-state index in [9.17, 15) is 4.79 Å². The predicted molar refractivity (Wildman–Crippen MR) is 43.3 cm³/mol. The number of halogens is 1. The van der Waals surface area contributed by atoms with Crippen LogP contribution in [0.3, 0.4) is 0 Å². The highest BCUT2D eigenvalue weighted by atomic mass is 35.5. The highest BCUT2D eigenvalue weighted by Gasteiger charge is 2.21. The van der Waals surface area contributed by atoms with Crippen molar-refractivity contribution in [3.05, 3.63) is 6.92 Å². The van der Waals surface area contributed by atoms with Crippen LogP contribution in [-0.2, 0) is 9.53 Å². The molecule has 63 valence electrons. The lowest BCUT2D eigenvalue weighted by atomic mass is 10.3. The van der Waals surface area contributed by atoms with Crippen LogP contribution in [0.15, 0.2) is 0 Å². The summed E-state index contributed by atoms with van der Waals surface area (Å²) in [7, 11) is 0. The molecule has 2 nitrogen and oxygen atoms in total. The zero-order chi connectivity index (χ0) is 8.27. The summed E-state index contributed by atoms with van der Waals surface area (Å²) < 4.78 is 5.04. The van der Waals surface area contributed by atoms with Gasteiger partial charge in [0.05, 0.1) is 0 Å². The molecule has 0 bridgehead atoms. The summed E-state index contributed by atoms with van der Waals surface area (Å²) in [4.78, 5) is 10.9. The summed E-state index contributed by atoms with van der Waals surface area (Å²) in [5, 5.41) is -0.754. The average molecular weight is 176 g/mol. The molecule has 1 aliphatic rings. The smallest absolute Gasteiger partial charge is 0.324 e. The number of hydrogen-bond acceptors (Lipinski definition) is 2. The SMILES string of the molecule is [CH2]C(Cl)C(=O)OC1CCCC1. The molecule has 3 heteroatoms. The van der Waals surface area contributed by atoms with Crippen LogP contribution < -0.4 is 0 Å². The molecule has 0 aliphatic heterocycles. The van der Waals surface area contributed by atoms with Gasteiger partial charge in [-0.1, -0.05) is 0 Å². The van der Waals surface area contributed by atoms with Gasteiger partial charge in [0.25, 0.3) is 0 Å². The second-order valence-corrected chi connectivity index (χ2v) is 3.34. The molecule has 0 heterocycles. The third-order valence-electron chi connectivity index (χ3n) is 1.84. The molecule has 0 N–H and O–H groups in total. The van der Waals surface area contributed by atoms with E-state index in [1.54, 1.807) is 0 Å². The van der Waals surface area contributed by atoms with Crippen molar-refractivity contribution in [2.45, 2.75) is 37.2 Å². The average Bonchev–Trinajstić information content (AvgIpc) is 2.39. The Hall–Kier alpha value is -0.240. The highest BCUT2D eigenvalue weighted by molar-refractivity contribution is 6.30. The Morgan fingerprint density at radius 2 is 2.09 bits per heavy atom. The Labute approximate surface area is 71.9 Å². The minimum Gasteiger partial charge on any atom is -0.461 e. The fourth-order valence-corrected chi connectivity index (χ4v) is 1.30. The van der Waals surface area contributed by atoms with Crippen molar-refractivity contribution in [2.24, 2.45) is 0 Å². The number of carbonyl (C=O) groups is 1. The van der Waals surface area contributed by atoms with E-state index >= 15 is 0 Å². The zero-order valence-corrected chi connectivity index (χ0v) is 7.14. The van der Waals surface area contributed by atoms with Gasteiger partial charge in [-0.15, -0.1) is 11.6 Å². The van der Waals surface area contributed by atoms with Gasteiger partial charge in [0.2, 0.25) is 0 Å². The zero-order valence-electron chi connectivity index (χ0n) is 6.38. The fourth-order valence-electron chi connectivity index (χ4n) is 1.24. The fraction of sp³-hybridized carbons (Fsp3) is 0.750. The minimum absolute atomic E-state index is 0.102. The van der Waals surface area contributed by atoms with Crippen molar-refractivity contribution < 1.29 is 9.53 Å². The first-order valence-corrected chi connectivity index (χ1v) is 4.31. The molecule has 0 aromatic carbocycles. The summed E-state index contributed by atoms with van der Waals surface area (Å²) in [6.45, 7) is 3.37. The van der Waals surface area contributed by atoms with Crippen LogP contribution in [0, 0.1) is 6.92 Å². The van der Waals surface area contributed by atoms with E-state index in [1.165, 1.54) is 0 Å². The standard InChI is InChI=1S/C8H12ClO2/c1-6(9)8(10)11-7-4-2-3-5-7/h6-7H,1-5H2. The van der Waals surface area contributed by atoms with Crippen LogP contribution >= 0.6 is 11.6 Å². The molecule has 0 spiro atoms. The molecular formula is C8H12ClO2. The molecule has 0 amide bonds. The van der Waals surface area contributed by atoms with Crippen molar-refractivity contribution in [3.8, 4) is 0 Å². The molecule has 1 aliphatic carbocycles. The first-order chi connectivity index (χ1) is 5.20. The maximum Gasteiger partial charge on any atom is 0.324 e. The van der Waals surface area contributed by atoms with Gasteiger partial charge in [0, 0.05) is 0 Å². The number of carbonyl (C=O) groups excluding carboxylic acids is 1. The van der Waals surface area contributed by atoms with Gasteiger partial charge in [-0.3, -0.25) is 4.79 Å². The van der Waals surface area contributed by atoms with Crippen LogP contribution in [0.4, 0.5) is 0 Å². The van der Waals surface area contributed by atoms with Gasteiger partial charge < -0.3 is 4.74 Å². The predicted octanol–water partition coefficient (Wildman–Crippen LogP) is 1.91. The Balaban J connectivity index is 2.24. The van der Waals surface area contributed by atoms with Crippen LogP contribution in [0.1, 0.15) is 25.7 Å². The van der Waals surface area contributed by atoms with Crippen LogP contribution in [0.25, 0.3) is 0 Å². The Morgan fingerprint density at radius 1 is 1.55 bits per heavy atom. The number of rotatable bonds is 2. The van der Waals surface area contributed by atoms with Gasteiger partial charge in [0.15, 0.2) is 0 Å². The van der Waals surface area contributed by atoms with Gasteiger partial charge in [-0.25, -0.2) is 0 Å². The van der Waals surface area contributed by atoms with Gasteiger partial charge >= 0.3 is 5.97 Å². The van der Waals surface area contributed by atoms with E-state index in [4.69, 9.17) is 16.3 Å². The summed E-state index contributed by atoms with van der Waals surface area (Å²) in [5.74, 6) is -0.390. The number of alkyl halides is 1. The summed E-state index contributed by atoms with van der Waals surface area (Å²) in [5.41, 5.74) is 0. The normalized spacial score (nSPS) is 21.6. The lowest BCUT2D eigenvalue weighted by Gasteiger charge is -2.11. The van der Waals surface area contributed by atoms with E-state index < -0.39 is 11.3 Å². The largest absolute Gasteiger partial charge is 0.461 e. The Kier molecular flexibility index (Phi) is 3.18. The molecule has 1 rings (SSSR count). The quantitative estimate of drug-likeness (QED) is 0.474. The molecule has 11 heavy (non-hydrogen) atoms. The lowest BCUT2D eigenvalue weighted by molar-refractivity contribution is -0.147. The molecule has 1 atom stereocenters. The third-order valence-corrected chi connectivity index (χ3v) is 2.02. The molecule has 1 unspecified atom stereocenters. The maximum atomic E-state index is 10.9. The molecule has 1 radical (unpaired) electrons. The van der Waals surface area contributed by atoms with E-state index in [2.05, 4.69) is 6.92 Å². The van der Waals surface area contributed by atoms with Gasteiger partial charge in [0.1, 0.15) is 11.5 Å². The molecular weight excluding hydrogens is 164 g/mol. The lowest BCUT2D eigenvalue weighted by Crippen LogP contribution is -2.20. The topological polar surface area (TPSA) is 26.3 Å². The summed E-state index contributed by atoms with van der Waals surface area (Å²) in [6.07, 6.45) is 4.37. The number of ether oxygens (including phenoxy) is 1. The third kappa shape index (κ3) is 2.70. The number of hydrogen-bond donors (Lipinski definition) is 0. The Morgan fingerprint density at radius 3 is 2.55 bits per heavy atom. The van der Waals surface area contributed by atoms with E-state index in [1.807, 2.05) is 0 Å². The molecule has 1 fully saturated rings. The van der Waals surface area contributed by atoms with Crippen molar-refractivity contribution in [3.63, 3.8) is 0 Å². The van der Waals surface area contributed by atoms with E-state index in [-0.39, 0.29) is 6.10 Å². The first-order valence-electron chi connectivity index (χ1n) is 3.88. The Bertz CT molecular complexity index is 139. The van der Waals surface area contributed by atoms with Crippen molar-refractivity contribution in [1.82, 2.24) is 0 Å². The second-order valence-electron chi connectivity index (χ2n) is 2.81. The molecule has 0 saturated heterocycles. The summed E-state index contributed by atoms with van der Waals surface area (Å²) >= 11 is 5.42. The minimum atomic E-state index is -0.754. The van der Waals surface area contributed by atoms with Crippen LogP contribution in [-0.4, -0.2) is 17.5 Å². The maximum absolute atomic E-state index is 10.9. The van der Waals surface area contributed by atoms with E-state index in [0.29, 0.717) is 0 Å². The van der Waals surface area contributed by atoms with Crippen molar-refractivity contribution in [2.75, 3.05) is 0 Å². The van der Waals surface area contributed by atoms with Crippen LogP contribution in [0.2, 0.25) is 0 Å². The summed E-state index contributed by atoms with van der Waals surface area (Å²) in [6, 6.07) is 0. The van der Waals surface area contributed by atoms with Crippen molar-refractivity contribution in [1.29, 1.82) is 0 Å². The first kappa shape index (κ1) is 8.85.